The zero-order chi connectivity index (χ0) is 23.8. The van der Waals surface area contributed by atoms with Crippen LogP contribution in [0.25, 0.3) is 10.2 Å². The van der Waals surface area contributed by atoms with Crippen LogP contribution in [0.5, 0.6) is 0 Å². The van der Waals surface area contributed by atoms with Gasteiger partial charge in [0.1, 0.15) is 17.0 Å². The van der Waals surface area contributed by atoms with Crippen molar-refractivity contribution in [3.63, 3.8) is 0 Å². The van der Waals surface area contributed by atoms with Crippen LogP contribution in [0.4, 0.5) is 5.82 Å². The number of carbonyl (C=O) groups excluding carboxylic acids is 1. The predicted octanol–water partition coefficient (Wildman–Crippen LogP) is 4.09. The fourth-order valence-electron chi connectivity index (χ4n) is 5.44. The molecule has 0 spiro atoms. The van der Waals surface area contributed by atoms with Crippen molar-refractivity contribution in [3.8, 4) is 0 Å². The second-order valence-corrected chi connectivity index (χ2v) is 12.9. The minimum absolute atomic E-state index is 0.00432. The second-order valence-electron chi connectivity index (χ2n) is 9.64. The zero-order valence-corrected chi connectivity index (χ0v) is 21.0. The number of aromatic nitrogens is 2. The van der Waals surface area contributed by atoms with Crippen LogP contribution >= 0.6 is 11.3 Å². The number of sulfone groups is 1. The van der Waals surface area contributed by atoms with E-state index in [0.717, 1.165) is 28.6 Å². The number of aryl methyl sites for hydroxylation is 1. The summed E-state index contributed by atoms with van der Waals surface area (Å²) in [6.45, 7) is 3.10. The molecule has 1 atom stereocenters. The minimum Gasteiger partial charge on any atom is -0.369 e. The van der Waals surface area contributed by atoms with Gasteiger partial charge in [-0.05, 0) is 43.2 Å². The Kier molecular flexibility index (Phi) is 6.33. The van der Waals surface area contributed by atoms with E-state index in [9.17, 15) is 13.2 Å². The molecule has 1 unspecified atom stereocenters. The van der Waals surface area contributed by atoms with E-state index < -0.39 is 9.84 Å². The molecule has 3 heterocycles. The van der Waals surface area contributed by atoms with Gasteiger partial charge < -0.3 is 10.6 Å². The first-order valence-electron chi connectivity index (χ1n) is 11.9. The van der Waals surface area contributed by atoms with E-state index in [1.54, 1.807) is 0 Å². The Hall–Kier alpha value is -2.52. The minimum atomic E-state index is -2.92. The third kappa shape index (κ3) is 4.55. The average molecular weight is 499 g/mol. The van der Waals surface area contributed by atoms with Crippen molar-refractivity contribution in [1.29, 1.82) is 0 Å². The highest BCUT2D eigenvalue weighted by Gasteiger charge is 2.36. The first-order chi connectivity index (χ1) is 16.4. The Labute approximate surface area is 204 Å². The van der Waals surface area contributed by atoms with E-state index in [2.05, 4.69) is 44.9 Å². The van der Waals surface area contributed by atoms with E-state index in [4.69, 9.17) is 0 Å². The van der Waals surface area contributed by atoms with Crippen molar-refractivity contribution >= 4 is 43.1 Å². The Morgan fingerprint density at radius 1 is 1.18 bits per heavy atom. The van der Waals surface area contributed by atoms with Crippen molar-refractivity contribution in [3.05, 3.63) is 52.7 Å². The lowest BCUT2D eigenvalue weighted by Crippen LogP contribution is -2.39. The number of nitrogens with one attached hydrogen (secondary N) is 2. The summed E-state index contributed by atoms with van der Waals surface area (Å²) in [5.41, 5.74) is 2.15. The van der Waals surface area contributed by atoms with Crippen molar-refractivity contribution in [2.45, 2.75) is 44.4 Å². The van der Waals surface area contributed by atoms with Crippen LogP contribution in [-0.2, 0) is 15.3 Å². The molecule has 0 bridgehead atoms. The molecule has 2 aliphatic rings. The summed E-state index contributed by atoms with van der Waals surface area (Å²) in [5, 5.41) is 7.39. The topological polar surface area (TPSA) is 101 Å². The van der Waals surface area contributed by atoms with Gasteiger partial charge >= 0.3 is 0 Å². The van der Waals surface area contributed by atoms with Crippen LogP contribution in [0.1, 0.15) is 52.9 Å². The number of hydrogen-bond donors (Lipinski definition) is 2. The normalized spacial score (nSPS) is 21.0. The number of nitrogens with zero attached hydrogens (tertiary/aromatic N) is 2. The molecule has 1 aromatic carbocycles. The molecule has 0 radical (unpaired) electrons. The molecule has 1 aliphatic carbocycles. The van der Waals surface area contributed by atoms with Gasteiger partial charge in [0, 0.05) is 18.5 Å². The van der Waals surface area contributed by atoms with Gasteiger partial charge in [0.05, 0.1) is 21.8 Å². The number of fused-ring (bicyclic) bond motifs is 1. The van der Waals surface area contributed by atoms with E-state index in [-0.39, 0.29) is 28.7 Å². The molecule has 1 amide bonds. The summed E-state index contributed by atoms with van der Waals surface area (Å²) in [6, 6.07) is 10.5. The molecule has 1 saturated heterocycles. The summed E-state index contributed by atoms with van der Waals surface area (Å²) >= 11 is 1.38. The molecular weight excluding hydrogens is 468 g/mol. The van der Waals surface area contributed by atoms with Crippen LogP contribution in [0.15, 0.2) is 36.7 Å². The van der Waals surface area contributed by atoms with E-state index in [0.29, 0.717) is 30.2 Å². The van der Waals surface area contributed by atoms with Crippen LogP contribution in [0.3, 0.4) is 0 Å². The van der Waals surface area contributed by atoms with Gasteiger partial charge in [-0.15, -0.1) is 11.3 Å². The van der Waals surface area contributed by atoms with E-state index in [1.165, 1.54) is 36.1 Å². The van der Waals surface area contributed by atoms with Gasteiger partial charge in [0.2, 0.25) is 0 Å². The monoisotopic (exact) mass is 498 g/mol. The van der Waals surface area contributed by atoms with Gasteiger partial charge in [0.15, 0.2) is 9.84 Å². The first kappa shape index (κ1) is 23.2. The van der Waals surface area contributed by atoms with Crippen molar-refractivity contribution in [2.75, 3.05) is 29.9 Å². The molecule has 2 aromatic heterocycles. The maximum Gasteiger partial charge on any atom is 0.261 e. The number of benzene rings is 1. The summed E-state index contributed by atoms with van der Waals surface area (Å²) in [7, 11) is -2.92. The lowest BCUT2D eigenvalue weighted by atomic mass is 9.79. The largest absolute Gasteiger partial charge is 0.369 e. The van der Waals surface area contributed by atoms with Crippen molar-refractivity contribution in [1.82, 2.24) is 15.3 Å². The summed E-state index contributed by atoms with van der Waals surface area (Å²) in [4.78, 5) is 23.5. The number of rotatable bonds is 7. The van der Waals surface area contributed by atoms with Gasteiger partial charge in [-0.2, -0.15) is 0 Å². The predicted molar refractivity (Wildman–Crippen MR) is 136 cm³/mol. The van der Waals surface area contributed by atoms with E-state index >= 15 is 0 Å². The molecule has 9 heteroatoms. The van der Waals surface area contributed by atoms with Crippen LogP contribution < -0.4 is 10.6 Å². The number of hydrogen-bond acceptors (Lipinski definition) is 7. The number of thiophene rings is 1. The third-order valence-corrected chi connectivity index (χ3v) is 10.4. The fourth-order valence-corrected chi connectivity index (χ4v) is 8.36. The molecule has 3 aromatic rings. The Bertz CT molecular complexity index is 1300. The average Bonchev–Trinajstić information content (AvgIpc) is 3.55. The Morgan fingerprint density at radius 3 is 2.65 bits per heavy atom. The second kappa shape index (κ2) is 9.26. The maximum atomic E-state index is 13.3. The summed E-state index contributed by atoms with van der Waals surface area (Å²) in [5.74, 6) is 1.14. The third-order valence-electron chi connectivity index (χ3n) is 7.35. The maximum absolute atomic E-state index is 13.3. The van der Waals surface area contributed by atoms with Gasteiger partial charge in [-0.3, -0.25) is 4.79 Å². The lowest BCUT2D eigenvalue weighted by molar-refractivity contribution is 0.0946. The molecule has 5 rings (SSSR count). The van der Waals surface area contributed by atoms with Gasteiger partial charge in [0.25, 0.3) is 5.91 Å². The Morgan fingerprint density at radius 2 is 1.94 bits per heavy atom. The molecule has 1 saturated carbocycles. The van der Waals surface area contributed by atoms with Gasteiger partial charge in [-0.25, -0.2) is 18.4 Å². The van der Waals surface area contributed by atoms with Crippen molar-refractivity contribution < 1.29 is 13.2 Å². The highest BCUT2D eigenvalue weighted by Crippen LogP contribution is 2.41. The molecule has 2 fully saturated rings. The zero-order valence-electron chi connectivity index (χ0n) is 19.3. The number of carbonyl (C=O) groups is 1. The fraction of sp³-hybridized carbons (Fsp3) is 0.480. The molecule has 7 nitrogen and oxygen atoms in total. The first-order valence-corrected chi connectivity index (χ1v) is 14.5. The lowest BCUT2D eigenvalue weighted by Gasteiger charge is -2.30. The smallest absolute Gasteiger partial charge is 0.261 e. The highest BCUT2D eigenvalue weighted by molar-refractivity contribution is 7.91. The molecule has 180 valence electrons. The van der Waals surface area contributed by atoms with Crippen LogP contribution in [0.2, 0.25) is 0 Å². The number of anilines is 1. The highest BCUT2D eigenvalue weighted by atomic mass is 32.2. The van der Waals surface area contributed by atoms with Crippen LogP contribution in [0, 0.1) is 12.8 Å². The molecule has 2 N–H and O–H groups in total. The van der Waals surface area contributed by atoms with E-state index in [1.807, 2.05) is 13.0 Å². The quantitative estimate of drug-likeness (QED) is 0.509. The molecular formula is C25H30N4O3S2. The SMILES string of the molecule is Cc1c(C(=O)NCC2(c3ccccc3)CCCC2)sc2ncnc(NCC3CCS(=O)(=O)C3)c12. The van der Waals surface area contributed by atoms with Gasteiger partial charge in [-0.1, -0.05) is 43.2 Å². The molecule has 1 aliphatic heterocycles. The van der Waals surface area contributed by atoms with Crippen molar-refractivity contribution in [2.24, 2.45) is 5.92 Å². The summed E-state index contributed by atoms with van der Waals surface area (Å²) < 4.78 is 23.5. The standard InChI is InChI=1S/C25H30N4O3S2/c1-17-20-22(26-13-18-9-12-34(31,32)14-18)28-16-29-24(20)33-21(17)23(30)27-15-25(10-5-6-11-25)19-7-3-2-4-8-19/h2-4,7-8,16,18H,5-6,9-15H2,1H3,(H,27,30)(H,26,28,29). The Balaban J connectivity index is 1.33. The number of amides is 1. The molecule has 34 heavy (non-hydrogen) atoms. The summed E-state index contributed by atoms with van der Waals surface area (Å²) in [6.07, 6.45) is 6.69. The van der Waals surface area contributed by atoms with Crippen LogP contribution in [-0.4, -0.2) is 48.9 Å².